The maximum Gasteiger partial charge on any atom is 0.309 e. The monoisotopic (exact) mass is 356 g/mol. The summed E-state index contributed by atoms with van der Waals surface area (Å²) in [6, 6.07) is 4.63. The van der Waals surface area contributed by atoms with Crippen molar-refractivity contribution >= 4 is 21.7 Å². The van der Waals surface area contributed by atoms with Crippen LogP contribution in [0.4, 0.5) is 0 Å². The van der Waals surface area contributed by atoms with E-state index in [1.165, 1.54) is 14.2 Å². The van der Waals surface area contributed by atoms with Gasteiger partial charge in [-0.15, -0.1) is 0 Å². The maximum absolute atomic E-state index is 11.8. The molecule has 1 aromatic rings. The molecule has 1 aliphatic heterocycles. The third-order valence-electron chi connectivity index (χ3n) is 3.67. The van der Waals surface area contributed by atoms with Gasteiger partial charge in [0.05, 0.1) is 25.7 Å². The Balaban J connectivity index is 1.87. The third kappa shape index (κ3) is 4.60. The van der Waals surface area contributed by atoms with Gasteiger partial charge in [0.25, 0.3) is 0 Å². The first kappa shape index (κ1) is 18.1. The molecule has 0 bridgehead atoms. The topological polar surface area (TPSA) is 111 Å². The van der Waals surface area contributed by atoms with E-state index < -0.39 is 27.7 Å². The molecule has 0 radical (unpaired) electrons. The zero-order chi connectivity index (χ0) is 17.7. The summed E-state index contributed by atoms with van der Waals surface area (Å²) < 4.78 is 33.0. The van der Waals surface area contributed by atoms with Gasteiger partial charge in [-0.1, -0.05) is 6.07 Å². The van der Waals surface area contributed by atoms with Crippen LogP contribution in [0.1, 0.15) is 12.0 Å². The second kappa shape index (κ2) is 7.52. The first-order chi connectivity index (χ1) is 11.3. The number of hydrogen-bond acceptors (Lipinski definition) is 6. The first-order valence-electron chi connectivity index (χ1n) is 7.34. The molecule has 2 amide bonds. The highest BCUT2D eigenvalue weighted by atomic mass is 32.2. The van der Waals surface area contributed by atoms with E-state index in [9.17, 15) is 18.0 Å². The van der Waals surface area contributed by atoms with E-state index >= 15 is 0 Å². The zero-order valence-electron chi connectivity index (χ0n) is 13.5. The van der Waals surface area contributed by atoms with Gasteiger partial charge in [0.15, 0.2) is 21.3 Å². The molecule has 1 heterocycles. The van der Waals surface area contributed by atoms with E-state index in [1.54, 1.807) is 18.2 Å². The van der Waals surface area contributed by atoms with Crippen LogP contribution >= 0.6 is 0 Å². The number of sulfone groups is 1. The molecule has 0 spiro atoms. The van der Waals surface area contributed by atoms with Crippen molar-refractivity contribution in [1.82, 2.24) is 10.6 Å². The van der Waals surface area contributed by atoms with Crippen LogP contribution in [-0.2, 0) is 26.0 Å². The number of ether oxygens (including phenoxy) is 2. The van der Waals surface area contributed by atoms with E-state index in [4.69, 9.17) is 9.47 Å². The van der Waals surface area contributed by atoms with E-state index in [0.717, 1.165) is 5.56 Å². The predicted octanol–water partition coefficient (Wildman–Crippen LogP) is -0.377. The number of carbonyl (C=O) groups excluding carboxylic acids is 2. The van der Waals surface area contributed by atoms with Gasteiger partial charge in [0.1, 0.15) is 0 Å². The van der Waals surface area contributed by atoms with Crippen LogP contribution in [0.3, 0.4) is 0 Å². The molecule has 1 unspecified atom stereocenters. The number of rotatable bonds is 5. The summed E-state index contributed by atoms with van der Waals surface area (Å²) in [4.78, 5) is 23.6. The highest BCUT2D eigenvalue weighted by Crippen LogP contribution is 2.27. The van der Waals surface area contributed by atoms with Crippen molar-refractivity contribution in [1.29, 1.82) is 0 Å². The van der Waals surface area contributed by atoms with Crippen LogP contribution < -0.4 is 20.1 Å². The number of methoxy groups -OCH3 is 2. The van der Waals surface area contributed by atoms with Crippen molar-refractivity contribution in [2.45, 2.75) is 19.0 Å². The molecular formula is C15H20N2O6S. The normalized spacial score (nSPS) is 18.7. The molecule has 24 heavy (non-hydrogen) atoms. The summed E-state index contributed by atoms with van der Waals surface area (Å²) in [5.74, 6) is -0.656. The Morgan fingerprint density at radius 3 is 2.46 bits per heavy atom. The molecule has 132 valence electrons. The van der Waals surface area contributed by atoms with Gasteiger partial charge in [0, 0.05) is 12.6 Å². The molecule has 9 heteroatoms. The lowest BCUT2D eigenvalue weighted by Crippen LogP contribution is -2.44. The fourth-order valence-electron chi connectivity index (χ4n) is 2.41. The lowest BCUT2D eigenvalue weighted by molar-refractivity contribution is -0.139. The average Bonchev–Trinajstić information content (AvgIpc) is 2.90. The summed E-state index contributed by atoms with van der Waals surface area (Å²) in [6.07, 6.45) is 0.330. The number of benzene rings is 1. The summed E-state index contributed by atoms with van der Waals surface area (Å²) in [7, 11) is -0.0846. The van der Waals surface area contributed by atoms with Crippen molar-refractivity contribution in [2.24, 2.45) is 0 Å². The highest BCUT2D eigenvalue weighted by molar-refractivity contribution is 7.91. The largest absolute Gasteiger partial charge is 0.493 e. The van der Waals surface area contributed by atoms with E-state index in [-0.39, 0.29) is 18.1 Å². The van der Waals surface area contributed by atoms with Gasteiger partial charge in [0.2, 0.25) is 0 Å². The molecule has 2 rings (SSSR count). The standard InChI is InChI=1S/C15H20N2O6S/c1-22-12-4-3-10(7-13(12)23-2)8-16-14(18)15(19)17-11-5-6-24(20,21)9-11/h3-4,7,11H,5-6,8-9H2,1-2H3,(H,16,18)(H,17,19). The molecular weight excluding hydrogens is 336 g/mol. The smallest absolute Gasteiger partial charge is 0.309 e. The molecule has 0 saturated carbocycles. The third-order valence-corrected chi connectivity index (χ3v) is 5.44. The van der Waals surface area contributed by atoms with Crippen molar-refractivity contribution in [3.63, 3.8) is 0 Å². The van der Waals surface area contributed by atoms with Crippen LogP contribution in [0.15, 0.2) is 18.2 Å². The van der Waals surface area contributed by atoms with Gasteiger partial charge in [-0.05, 0) is 24.1 Å². The van der Waals surface area contributed by atoms with E-state index in [1.807, 2.05) is 0 Å². The molecule has 0 aliphatic carbocycles. The van der Waals surface area contributed by atoms with E-state index in [2.05, 4.69) is 10.6 Å². The molecule has 8 nitrogen and oxygen atoms in total. The fraction of sp³-hybridized carbons (Fsp3) is 0.467. The van der Waals surface area contributed by atoms with Gasteiger partial charge in [-0.2, -0.15) is 0 Å². The molecule has 0 aromatic heterocycles. The minimum Gasteiger partial charge on any atom is -0.493 e. The Kier molecular flexibility index (Phi) is 5.66. The van der Waals surface area contributed by atoms with Gasteiger partial charge in [-0.25, -0.2) is 8.42 Å². The Morgan fingerprint density at radius 2 is 1.88 bits per heavy atom. The molecule has 1 fully saturated rings. The molecule has 1 atom stereocenters. The molecule has 2 N–H and O–H groups in total. The summed E-state index contributed by atoms with van der Waals surface area (Å²) in [5.41, 5.74) is 0.734. The van der Waals surface area contributed by atoms with Crippen LogP contribution in [0, 0.1) is 0 Å². The second-order valence-electron chi connectivity index (χ2n) is 5.45. The van der Waals surface area contributed by atoms with Gasteiger partial charge in [-0.3, -0.25) is 9.59 Å². The maximum atomic E-state index is 11.8. The van der Waals surface area contributed by atoms with Crippen molar-refractivity contribution in [3.05, 3.63) is 23.8 Å². The lowest BCUT2D eigenvalue weighted by Gasteiger charge is -2.12. The SMILES string of the molecule is COc1ccc(CNC(=O)C(=O)NC2CCS(=O)(=O)C2)cc1OC. The summed E-state index contributed by atoms with van der Waals surface area (Å²) >= 11 is 0. The van der Waals surface area contributed by atoms with E-state index in [0.29, 0.717) is 17.9 Å². The van der Waals surface area contributed by atoms with Crippen molar-refractivity contribution in [3.8, 4) is 11.5 Å². The average molecular weight is 356 g/mol. The van der Waals surface area contributed by atoms with Crippen molar-refractivity contribution in [2.75, 3.05) is 25.7 Å². The summed E-state index contributed by atoms with van der Waals surface area (Å²) in [5, 5.41) is 4.92. The number of nitrogens with one attached hydrogen (secondary N) is 2. The molecule has 1 aliphatic rings. The Bertz CT molecular complexity index is 731. The molecule has 1 saturated heterocycles. The Morgan fingerprint density at radius 1 is 1.17 bits per heavy atom. The van der Waals surface area contributed by atoms with Crippen LogP contribution in [0.5, 0.6) is 11.5 Å². The predicted molar refractivity (Wildman–Crippen MR) is 86.6 cm³/mol. The van der Waals surface area contributed by atoms with Crippen LogP contribution in [0.2, 0.25) is 0 Å². The number of carbonyl (C=O) groups is 2. The number of hydrogen-bond donors (Lipinski definition) is 2. The zero-order valence-corrected chi connectivity index (χ0v) is 14.3. The minimum absolute atomic E-state index is 0.0329. The molecule has 1 aromatic carbocycles. The van der Waals surface area contributed by atoms with Gasteiger partial charge >= 0.3 is 11.8 Å². The van der Waals surface area contributed by atoms with Crippen LogP contribution in [-0.4, -0.2) is 52.0 Å². The minimum atomic E-state index is -3.11. The fourth-order valence-corrected chi connectivity index (χ4v) is 4.09. The first-order valence-corrected chi connectivity index (χ1v) is 9.17. The van der Waals surface area contributed by atoms with Gasteiger partial charge < -0.3 is 20.1 Å². The number of amides is 2. The second-order valence-corrected chi connectivity index (χ2v) is 7.67. The Hall–Kier alpha value is -2.29. The van der Waals surface area contributed by atoms with Crippen LogP contribution in [0.25, 0.3) is 0 Å². The highest BCUT2D eigenvalue weighted by Gasteiger charge is 2.30. The lowest BCUT2D eigenvalue weighted by atomic mass is 10.2. The van der Waals surface area contributed by atoms with Crippen molar-refractivity contribution < 1.29 is 27.5 Å². The Labute approximate surface area is 140 Å². The summed E-state index contributed by atoms with van der Waals surface area (Å²) in [6.45, 7) is 0.134. The quantitative estimate of drug-likeness (QED) is 0.696.